The van der Waals surface area contributed by atoms with Crippen LogP contribution in [-0.2, 0) is 6.54 Å². The molecule has 2 N–H and O–H groups in total. The SMILES string of the molecule is CN(Cc1ccccc1N)C(=O)c1c(F)cccc1Br. The lowest BCUT2D eigenvalue weighted by Crippen LogP contribution is -2.27. The summed E-state index contributed by atoms with van der Waals surface area (Å²) in [5.41, 5.74) is 7.32. The molecule has 0 unspecified atom stereocenters. The van der Waals surface area contributed by atoms with Gasteiger partial charge in [0.25, 0.3) is 5.91 Å². The third-order valence-electron chi connectivity index (χ3n) is 2.99. The monoisotopic (exact) mass is 336 g/mol. The van der Waals surface area contributed by atoms with E-state index >= 15 is 0 Å². The van der Waals surface area contributed by atoms with Crippen LogP contribution in [0.15, 0.2) is 46.9 Å². The number of anilines is 1. The molecule has 0 saturated carbocycles. The summed E-state index contributed by atoms with van der Waals surface area (Å²) in [6, 6.07) is 11.7. The van der Waals surface area contributed by atoms with Gasteiger partial charge in [-0.05, 0) is 39.7 Å². The van der Waals surface area contributed by atoms with Crippen LogP contribution >= 0.6 is 15.9 Å². The van der Waals surface area contributed by atoms with E-state index in [0.29, 0.717) is 16.7 Å². The maximum Gasteiger partial charge on any atom is 0.258 e. The highest BCUT2D eigenvalue weighted by molar-refractivity contribution is 9.10. The summed E-state index contributed by atoms with van der Waals surface area (Å²) >= 11 is 3.20. The molecule has 0 fully saturated rings. The van der Waals surface area contributed by atoms with Crippen LogP contribution in [0.4, 0.5) is 10.1 Å². The molecule has 0 aliphatic heterocycles. The topological polar surface area (TPSA) is 46.3 Å². The summed E-state index contributed by atoms with van der Waals surface area (Å²) in [6.07, 6.45) is 0. The highest BCUT2D eigenvalue weighted by Crippen LogP contribution is 2.22. The Hall–Kier alpha value is -1.88. The summed E-state index contributed by atoms with van der Waals surface area (Å²) in [5, 5.41) is 0. The van der Waals surface area contributed by atoms with Gasteiger partial charge in [-0.15, -0.1) is 0 Å². The van der Waals surface area contributed by atoms with Crippen LogP contribution in [0.1, 0.15) is 15.9 Å². The van der Waals surface area contributed by atoms with Gasteiger partial charge in [0.1, 0.15) is 5.82 Å². The molecule has 0 heterocycles. The Bertz CT molecular complexity index is 625. The van der Waals surface area contributed by atoms with Crippen LogP contribution in [-0.4, -0.2) is 17.9 Å². The molecule has 0 aliphatic rings. The second-order valence-corrected chi connectivity index (χ2v) is 5.31. The first-order chi connectivity index (χ1) is 9.50. The van der Waals surface area contributed by atoms with E-state index in [4.69, 9.17) is 5.73 Å². The van der Waals surface area contributed by atoms with E-state index < -0.39 is 11.7 Å². The summed E-state index contributed by atoms with van der Waals surface area (Å²) in [6.45, 7) is 0.326. The zero-order chi connectivity index (χ0) is 14.7. The molecule has 0 aromatic heterocycles. The van der Waals surface area contributed by atoms with Crippen molar-refractivity contribution in [1.82, 2.24) is 4.90 Å². The molecule has 0 atom stereocenters. The number of nitrogens with two attached hydrogens (primary N) is 1. The maximum absolute atomic E-state index is 13.8. The van der Waals surface area contributed by atoms with Gasteiger partial charge in [0.15, 0.2) is 0 Å². The molecule has 0 saturated heterocycles. The minimum absolute atomic E-state index is 0.0319. The van der Waals surface area contributed by atoms with Crippen molar-refractivity contribution in [3.8, 4) is 0 Å². The fourth-order valence-corrected chi connectivity index (χ4v) is 2.41. The third-order valence-corrected chi connectivity index (χ3v) is 3.65. The van der Waals surface area contributed by atoms with Gasteiger partial charge in [-0.25, -0.2) is 4.39 Å². The highest BCUT2D eigenvalue weighted by Gasteiger charge is 2.19. The first kappa shape index (κ1) is 14.5. The molecule has 3 nitrogen and oxygen atoms in total. The molecule has 5 heteroatoms. The lowest BCUT2D eigenvalue weighted by atomic mass is 10.1. The number of benzene rings is 2. The standard InChI is InChI=1S/C15H14BrFN2O/c1-19(9-10-5-2-3-8-13(10)18)15(20)14-11(16)6-4-7-12(14)17/h2-8H,9,18H2,1H3. The molecule has 104 valence electrons. The zero-order valence-electron chi connectivity index (χ0n) is 10.9. The number of nitrogens with zero attached hydrogens (tertiary/aromatic N) is 1. The first-order valence-corrected chi connectivity index (χ1v) is 6.83. The van der Waals surface area contributed by atoms with Crippen LogP contribution in [0.2, 0.25) is 0 Å². The van der Waals surface area contributed by atoms with Crippen LogP contribution in [0.25, 0.3) is 0 Å². The minimum Gasteiger partial charge on any atom is -0.398 e. The molecule has 2 aromatic carbocycles. The van der Waals surface area contributed by atoms with Gasteiger partial charge in [-0.1, -0.05) is 24.3 Å². The van der Waals surface area contributed by atoms with E-state index in [1.807, 2.05) is 18.2 Å². The fourth-order valence-electron chi connectivity index (χ4n) is 1.90. The summed E-state index contributed by atoms with van der Waals surface area (Å²) < 4.78 is 14.2. The predicted octanol–water partition coefficient (Wildman–Crippen LogP) is 3.44. The predicted molar refractivity (Wildman–Crippen MR) is 80.8 cm³/mol. The maximum atomic E-state index is 13.8. The number of hydrogen-bond donors (Lipinski definition) is 1. The fraction of sp³-hybridized carbons (Fsp3) is 0.133. The van der Waals surface area contributed by atoms with E-state index in [-0.39, 0.29) is 5.56 Å². The second kappa shape index (κ2) is 6.05. The minimum atomic E-state index is -0.544. The average Bonchev–Trinajstić information content (AvgIpc) is 2.41. The van der Waals surface area contributed by atoms with Gasteiger partial charge in [0.05, 0.1) is 5.56 Å². The van der Waals surface area contributed by atoms with Gasteiger partial charge in [0.2, 0.25) is 0 Å². The highest BCUT2D eigenvalue weighted by atomic mass is 79.9. The van der Waals surface area contributed by atoms with Crippen LogP contribution in [0.5, 0.6) is 0 Å². The molecule has 0 bridgehead atoms. The van der Waals surface area contributed by atoms with Crippen LogP contribution < -0.4 is 5.73 Å². The molecule has 0 radical (unpaired) electrons. The molecule has 0 spiro atoms. The van der Waals surface area contributed by atoms with Crippen molar-refractivity contribution in [2.75, 3.05) is 12.8 Å². The van der Waals surface area contributed by atoms with E-state index in [9.17, 15) is 9.18 Å². The van der Waals surface area contributed by atoms with Crippen molar-refractivity contribution in [2.24, 2.45) is 0 Å². The molecular formula is C15H14BrFN2O. The molecule has 0 aliphatic carbocycles. The number of hydrogen-bond acceptors (Lipinski definition) is 2. The molecular weight excluding hydrogens is 323 g/mol. The summed E-state index contributed by atoms with van der Waals surface area (Å²) in [5.74, 6) is -0.935. The van der Waals surface area contributed by atoms with Crippen molar-refractivity contribution >= 4 is 27.5 Å². The van der Waals surface area contributed by atoms with Crippen LogP contribution in [0.3, 0.4) is 0 Å². The number of amides is 1. The van der Waals surface area contributed by atoms with Gasteiger partial charge >= 0.3 is 0 Å². The Morgan fingerprint density at radius 3 is 2.60 bits per heavy atom. The van der Waals surface area contributed by atoms with E-state index in [2.05, 4.69) is 15.9 Å². The van der Waals surface area contributed by atoms with Crippen molar-refractivity contribution in [1.29, 1.82) is 0 Å². The lowest BCUT2D eigenvalue weighted by molar-refractivity contribution is 0.0780. The first-order valence-electron chi connectivity index (χ1n) is 6.03. The third kappa shape index (κ3) is 2.99. The van der Waals surface area contributed by atoms with Gasteiger partial charge < -0.3 is 10.6 Å². The molecule has 20 heavy (non-hydrogen) atoms. The number of carbonyl (C=O) groups is 1. The Balaban J connectivity index is 2.24. The molecule has 2 aromatic rings. The van der Waals surface area contributed by atoms with Crippen molar-refractivity contribution in [3.63, 3.8) is 0 Å². The average molecular weight is 337 g/mol. The molecule has 1 amide bonds. The largest absolute Gasteiger partial charge is 0.398 e. The number of rotatable bonds is 3. The summed E-state index contributed by atoms with van der Waals surface area (Å²) in [4.78, 5) is 13.8. The van der Waals surface area contributed by atoms with Gasteiger partial charge in [-0.2, -0.15) is 0 Å². The van der Waals surface area contributed by atoms with Crippen molar-refractivity contribution in [2.45, 2.75) is 6.54 Å². The number of carbonyl (C=O) groups excluding carboxylic acids is 1. The number of nitrogen functional groups attached to an aromatic ring is 1. The quantitative estimate of drug-likeness (QED) is 0.872. The van der Waals surface area contributed by atoms with Crippen molar-refractivity contribution in [3.05, 3.63) is 63.9 Å². The van der Waals surface area contributed by atoms with Crippen LogP contribution in [0, 0.1) is 5.82 Å². The lowest BCUT2D eigenvalue weighted by Gasteiger charge is -2.19. The second-order valence-electron chi connectivity index (χ2n) is 4.46. The van der Waals surface area contributed by atoms with Gasteiger partial charge in [-0.3, -0.25) is 4.79 Å². The Morgan fingerprint density at radius 1 is 1.25 bits per heavy atom. The number of halogens is 2. The van der Waals surface area contributed by atoms with E-state index in [1.165, 1.54) is 11.0 Å². The van der Waals surface area contributed by atoms with Gasteiger partial charge in [0, 0.05) is 23.8 Å². The smallest absolute Gasteiger partial charge is 0.258 e. The van der Waals surface area contributed by atoms with Crippen molar-refractivity contribution < 1.29 is 9.18 Å². The summed E-state index contributed by atoms with van der Waals surface area (Å²) in [7, 11) is 1.62. The van der Waals surface area contributed by atoms with E-state index in [1.54, 1.807) is 25.2 Å². The normalized spacial score (nSPS) is 10.3. The zero-order valence-corrected chi connectivity index (χ0v) is 12.5. The Kier molecular flexibility index (Phi) is 4.39. The number of para-hydroxylation sites is 1. The molecule has 2 rings (SSSR count). The Morgan fingerprint density at radius 2 is 1.95 bits per heavy atom. The van der Waals surface area contributed by atoms with E-state index in [0.717, 1.165) is 5.56 Å². The Labute approximate surface area is 125 Å².